The van der Waals surface area contributed by atoms with Gasteiger partial charge in [-0.2, -0.15) is 0 Å². The predicted molar refractivity (Wildman–Crippen MR) is 79.9 cm³/mol. The number of aromatic nitrogens is 2. The maximum Gasteiger partial charge on any atom is 0.194 e. The van der Waals surface area contributed by atoms with E-state index in [4.69, 9.17) is 4.98 Å². The number of aryl methyl sites for hydroxylation is 3. The third-order valence-electron chi connectivity index (χ3n) is 4.00. The molecular formula is C16H16N2S. The van der Waals surface area contributed by atoms with Crippen LogP contribution in [0.5, 0.6) is 0 Å². The molecule has 0 aliphatic heterocycles. The fourth-order valence-electron chi connectivity index (χ4n) is 3.05. The number of thiazole rings is 1. The summed E-state index contributed by atoms with van der Waals surface area (Å²) in [5, 5.41) is 0. The molecule has 0 fully saturated rings. The summed E-state index contributed by atoms with van der Waals surface area (Å²) >= 11 is 1.88. The molecule has 0 radical (unpaired) electrons. The Balaban J connectivity index is 1.96. The topological polar surface area (TPSA) is 17.3 Å². The van der Waals surface area contributed by atoms with Crippen molar-refractivity contribution >= 4 is 16.3 Å². The van der Waals surface area contributed by atoms with E-state index in [-0.39, 0.29) is 0 Å². The molecule has 3 heteroatoms. The summed E-state index contributed by atoms with van der Waals surface area (Å²) in [6.45, 7) is 2.20. The van der Waals surface area contributed by atoms with Crippen LogP contribution in [0.4, 0.5) is 0 Å². The first-order valence-electron chi connectivity index (χ1n) is 6.89. The number of nitrogens with zero attached hydrogens (tertiary/aromatic N) is 2. The van der Waals surface area contributed by atoms with Gasteiger partial charge in [-0.05, 0) is 32.6 Å². The van der Waals surface area contributed by atoms with Crippen LogP contribution in [0.2, 0.25) is 0 Å². The van der Waals surface area contributed by atoms with Crippen LogP contribution >= 0.6 is 11.3 Å². The van der Waals surface area contributed by atoms with Gasteiger partial charge in [-0.25, -0.2) is 4.98 Å². The summed E-state index contributed by atoms with van der Waals surface area (Å²) in [4.78, 5) is 7.59. The average Bonchev–Trinajstić information content (AvgIpc) is 2.97. The largest absolute Gasteiger partial charge is 0.291 e. The highest BCUT2D eigenvalue weighted by Gasteiger charge is 2.20. The molecule has 0 spiro atoms. The predicted octanol–water partition coefficient (Wildman–Crippen LogP) is 4.25. The second-order valence-electron chi connectivity index (χ2n) is 5.21. The van der Waals surface area contributed by atoms with Gasteiger partial charge in [0.05, 0.1) is 5.69 Å². The number of hydrogen-bond acceptors (Lipinski definition) is 2. The third kappa shape index (κ3) is 1.65. The Hall–Kier alpha value is -1.61. The first-order chi connectivity index (χ1) is 9.34. The average molecular weight is 268 g/mol. The van der Waals surface area contributed by atoms with Gasteiger partial charge in [0.2, 0.25) is 0 Å². The molecule has 0 amide bonds. The van der Waals surface area contributed by atoms with Crippen molar-refractivity contribution in [2.45, 2.75) is 32.6 Å². The van der Waals surface area contributed by atoms with Gasteiger partial charge in [-0.15, -0.1) is 11.3 Å². The fraction of sp³-hybridized carbons (Fsp3) is 0.312. The zero-order chi connectivity index (χ0) is 12.8. The molecule has 4 rings (SSSR count). The fourth-order valence-corrected chi connectivity index (χ4v) is 4.30. The smallest absolute Gasteiger partial charge is 0.194 e. The van der Waals surface area contributed by atoms with Crippen molar-refractivity contribution in [2.24, 2.45) is 0 Å². The molecule has 0 unspecified atom stereocenters. The third-order valence-corrected chi connectivity index (χ3v) is 5.14. The molecular weight excluding hydrogens is 252 g/mol. The minimum Gasteiger partial charge on any atom is -0.291 e. The number of benzene rings is 1. The van der Waals surface area contributed by atoms with Gasteiger partial charge in [-0.3, -0.25) is 4.40 Å². The quantitative estimate of drug-likeness (QED) is 0.645. The van der Waals surface area contributed by atoms with Crippen LogP contribution in [-0.4, -0.2) is 9.38 Å². The molecule has 2 nitrogen and oxygen atoms in total. The van der Waals surface area contributed by atoms with E-state index < -0.39 is 0 Å². The van der Waals surface area contributed by atoms with Crippen molar-refractivity contribution in [3.8, 4) is 11.3 Å². The molecule has 0 saturated carbocycles. The summed E-state index contributed by atoms with van der Waals surface area (Å²) in [5.41, 5.74) is 5.17. The van der Waals surface area contributed by atoms with Crippen molar-refractivity contribution in [1.82, 2.24) is 9.38 Å². The van der Waals surface area contributed by atoms with Crippen molar-refractivity contribution in [1.29, 1.82) is 0 Å². The Morgan fingerprint density at radius 3 is 2.74 bits per heavy atom. The van der Waals surface area contributed by atoms with Gasteiger partial charge >= 0.3 is 0 Å². The molecule has 1 aliphatic rings. The highest BCUT2D eigenvalue weighted by molar-refractivity contribution is 7.17. The van der Waals surface area contributed by atoms with Gasteiger partial charge in [-0.1, -0.05) is 30.3 Å². The Kier molecular flexibility index (Phi) is 2.49. The zero-order valence-electron chi connectivity index (χ0n) is 11.0. The second kappa shape index (κ2) is 4.20. The van der Waals surface area contributed by atoms with E-state index in [0.717, 1.165) is 5.69 Å². The van der Waals surface area contributed by atoms with E-state index in [1.165, 1.54) is 47.6 Å². The molecule has 0 bridgehead atoms. The van der Waals surface area contributed by atoms with Crippen LogP contribution < -0.4 is 0 Å². The van der Waals surface area contributed by atoms with Gasteiger partial charge in [0, 0.05) is 21.8 Å². The Morgan fingerprint density at radius 1 is 1.11 bits per heavy atom. The summed E-state index contributed by atoms with van der Waals surface area (Å²) in [6, 6.07) is 10.5. The Morgan fingerprint density at radius 2 is 1.89 bits per heavy atom. The molecule has 0 saturated heterocycles. The maximum absolute atomic E-state index is 4.87. The highest BCUT2D eigenvalue weighted by Crippen LogP contribution is 2.34. The summed E-state index contributed by atoms with van der Waals surface area (Å²) < 4.78 is 2.39. The normalized spacial score (nSPS) is 14.8. The number of imidazole rings is 1. The monoisotopic (exact) mass is 268 g/mol. The minimum absolute atomic E-state index is 1.14. The summed E-state index contributed by atoms with van der Waals surface area (Å²) in [5.74, 6) is 0. The number of fused-ring (bicyclic) bond motifs is 3. The van der Waals surface area contributed by atoms with Crippen molar-refractivity contribution in [2.75, 3.05) is 0 Å². The van der Waals surface area contributed by atoms with E-state index in [1.807, 2.05) is 11.3 Å². The van der Waals surface area contributed by atoms with Crippen molar-refractivity contribution in [3.63, 3.8) is 0 Å². The van der Waals surface area contributed by atoms with Crippen molar-refractivity contribution in [3.05, 3.63) is 46.6 Å². The molecule has 96 valence electrons. The number of rotatable bonds is 1. The summed E-state index contributed by atoms with van der Waals surface area (Å²) in [7, 11) is 0. The molecule has 1 aliphatic carbocycles. The van der Waals surface area contributed by atoms with Crippen LogP contribution in [0, 0.1) is 6.92 Å². The second-order valence-corrected chi connectivity index (χ2v) is 6.27. The molecule has 0 atom stereocenters. The van der Waals surface area contributed by atoms with Gasteiger partial charge in [0.15, 0.2) is 4.96 Å². The van der Waals surface area contributed by atoms with Crippen molar-refractivity contribution < 1.29 is 0 Å². The molecule has 19 heavy (non-hydrogen) atoms. The van der Waals surface area contributed by atoms with Crippen LogP contribution in [0.15, 0.2) is 30.3 Å². The van der Waals surface area contributed by atoms with E-state index >= 15 is 0 Å². The Bertz CT molecular complexity index is 737. The van der Waals surface area contributed by atoms with Crippen LogP contribution in [0.3, 0.4) is 0 Å². The zero-order valence-corrected chi connectivity index (χ0v) is 11.8. The van der Waals surface area contributed by atoms with Crippen LogP contribution in [0.25, 0.3) is 16.2 Å². The molecule has 3 aromatic rings. The lowest BCUT2D eigenvalue weighted by atomic mass is 10.0. The minimum atomic E-state index is 1.14. The lowest BCUT2D eigenvalue weighted by molar-refractivity contribution is 0.672. The Labute approximate surface area is 116 Å². The molecule has 2 aromatic heterocycles. The molecule has 0 N–H and O–H groups in total. The van der Waals surface area contributed by atoms with E-state index in [0.29, 0.717) is 0 Å². The molecule has 2 heterocycles. The van der Waals surface area contributed by atoms with E-state index in [1.54, 1.807) is 4.88 Å². The lowest BCUT2D eigenvalue weighted by Crippen LogP contribution is -2.03. The first-order valence-corrected chi connectivity index (χ1v) is 7.71. The molecule has 1 aromatic carbocycles. The highest BCUT2D eigenvalue weighted by atomic mass is 32.1. The van der Waals surface area contributed by atoms with Crippen LogP contribution in [0.1, 0.15) is 29.1 Å². The first kappa shape index (κ1) is 11.2. The summed E-state index contributed by atoms with van der Waals surface area (Å²) in [6.07, 6.45) is 5.10. The SMILES string of the molecule is Cc1c(-c2ccccc2)nc2sc3c(n12)CCCC3. The lowest BCUT2D eigenvalue weighted by Gasteiger charge is -2.11. The van der Waals surface area contributed by atoms with E-state index in [9.17, 15) is 0 Å². The number of hydrogen-bond donors (Lipinski definition) is 0. The maximum atomic E-state index is 4.87. The van der Waals surface area contributed by atoms with Gasteiger partial charge < -0.3 is 0 Å². The van der Waals surface area contributed by atoms with E-state index in [2.05, 4.69) is 41.7 Å². The standard InChI is InChI=1S/C16H16N2S/c1-11-15(12-7-3-2-4-8-12)17-16-18(11)13-9-5-6-10-14(13)19-16/h2-4,7-8H,5-6,9-10H2,1H3. The van der Waals surface area contributed by atoms with Gasteiger partial charge in [0.1, 0.15) is 0 Å². The van der Waals surface area contributed by atoms with Crippen LogP contribution in [-0.2, 0) is 12.8 Å². The van der Waals surface area contributed by atoms with Gasteiger partial charge in [0.25, 0.3) is 0 Å².